The molecule has 5 heteroatoms. The predicted octanol–water partition coefficient (Wildman–Crippen LogP) is 4.49. The molecule has 1 aliphatic rings. The average molecular weight is 430 g/mol. The summed E-state index contributed by atoms with van der Waals surface area (Å²) < 4.78 is 6.16. The Labute approximate surface area is 190 Å². The van der Waals surface area contributed by atoms with E-state index in [2.05, 4.69) is 33.4 Å². The Balaban J connectivity index is 1.16. The van der Waals surface area contributed by atoms with Crippen molar-refractivity contribution in [3.63, 3.8) is 0 Å². The van der Waals surface area contributed by atoms with Gasteiger partial charge in [0.2, 0.25) is 0 Å². The Bertz CT molecular complexity index is 953. The molecule has 2 heterocycles. The third-order valence-corrected chi connectivity index (χ3v) is 5.84. The van der Waals surface area contributed by atoms with E-state index in [1.807, 2.05) is 60.8 Å². The van der Waals surface area contributed by atoms with Crippen LogP contribution in [0.15, 0.2) is 79.0 Å². The highest BCUT2D eigenvalue weighted by Crippen LogP contribution is 2.20. The minimum Gasteiger partial charge on any atom is -0.490 e. The average Bonchev–Trinajstić information content (AvgIpc) is 2.85. The lowest BCUT2D eigenvalue weighted by Crippen LogP contribution is -2.37. The highest BCUT2D eigenvalue weighted by Gasteiger charge is 2.21. The van der Waals surface area contributed by atoms with Crippen LogP contribution in [0.25, 0.3) is 0 Å². The molecule has 1 aromatic heterocycles. The maximum absolute atomic E-state index is 12.4. The lowest BCUT2D eigenvalue weighted by molar-refractivity contribution is 0.0949. The Morgan fingerprint density at radius 2 is 1.72 bits per heavy atom. The normalized spacial score (nSPS) is 14.8. The maximum Gasteiger partial charge on any atom is 0.251 e. The predicted molar refractivity (Wildman–Crippen MR) is 127 cm³/mol. The van der Waals surface area contributed by atoms with Gasteiger partial charge >= 0.3 is 0 Å². The summed E-state index contributed by atoms with van der Waals surface area (Å²) in [6, 6.07) is 23.9. The Kier molecular flexibility index (Phi) is 7.88. The van der Waals surface area contributed by atoms with Crippen molar-refractivity contribution < 1.29 is 9.53 Å². The highest BCUT2D eigenvalue weighted by atomic mass is 16.5. The van der Waals surface area contributed by atoms with Gasteiger partial charge in [0.15, 0.2) is 0 Å². The zero-order valence-electron chi connectivity index (χ0n) is 18.5. The van der Waals surface area contributed by atoms with E-state index < -0.39 is 0 Å². The quantitative estimate of drug-likeness (QED) is 0.509. The van der Waals surface area contributed by atoms with Gasteiger partial charge in [-0.15, -0.1) is 0 Å². The molecule has 1 fully saturated rings. The fraction of sp³-hybridized carbons (Fsp3) is 0.333. The fourth-order valence-electron chi connectivity index (χ4n) is 4.02. The molecular formula is C27H31N3O2. The number of pyridine rings is 1. The summed E-state index contributed by atoms with van der Waals surface area (Å²) in [5.41, 5.74) is 3.08. The summed E-state index contributed by atoms with van der Waals surface area (Å²) in [5.74, 6) is 0.793. The van der Waals surface area contributed by atoms with Crippen molar-refractivity contribution in [2.75, 3.05) is 19.6 Å². The molecule has 0 atom stereocenters. The van der Waals surface area contributed by atoms with Gasteiger partial charge in [0, 0.05) is 37.9 Å². The smallest absolute Gasteiger partial charge is 0.251 e. The molecule has 1 N–H and O–H groups in total. The highest BCUT2D eigenvalue weighted by molar-refractivity contribution is 5.94. The lowest BCUT2D eigenvalue weighted by Gasteiger charge is -2.31. The molecule has 4 rings (SSSR count). The second-order valence-electron chi connectivity index (χ2n) is 8.28. The number of carbonyl (C=O) groups excluding carboxylic acids is 1. The SMILES string of the molecule is O=C(NCCCc1ccccc1)c1ccc(OC2CCN(Cc3ccccn3)CC2)cc1. The first-order chi connectivity index (χ1) is 15.8. The largest absolute Gasteiger partial charge is 0.490 e. The van der Waals surface area contributed by atoms with Gasteiger partial charge < -0.3 is 10.1 Å². The van der Waals surface area contributed by atoms with Crippen LogP contribution < -0.4 is 10.1 Å². The van der Waals surface area contributed by atoms with E-state index in [-0.39, 0.29) is 12.0 Å². The van der Waals surface area contributed by atoms with Crippen molar-refractivity contribution in [1.29, 1.82) is 0 Å². The number of piperidine rings is 1. The Morgan fingerprint density at radius 3 is 2.44 bits per heavy atom. The number of aromatic nitrogens is 1. The number of hydrogen-bond acceptors (Lipinski definition) is 4. The molecule has 0 saturated carbocycles. The van der Waals surface area contributed by atoms with Crippen LogP contribution in [0.4, 0.5) is 0 Å². The van der Waals surface area contributed by atoms with Crippen molar-refractivity contribution in [2.45, 2.75) is 38.3 Å². The Hall–Kier alpha value is -3.18. The topological polar surface area (TPSA) is 54.5 Å². The zero-order chi connectivity index (χ0) is 22.0. The van der Waals surface area contributed by atoms with E-state index in [1.54, 1.807) is 0 Å². The van der Waals surface area contributed by atoms with Crippen LogP contribution in [-0.2, 0) is 13.0 Å². The lowest BCUT2D eigenvalue weighted by atomic mass is 10.1. The van der Waals surface area contributed by atoms with E-state index in [9.17, 15) is 4.79 Å². The minimum atomic E-state index is -0.0348. The van der Waals surface area contributed by atoms with Gasteiger partial charge in [-0.05, 0) is 67.6 Å². The maximum atomic E-state index is 12.4. The molecule has 1 saturated heterocycles. The molecule has 0 spiro atoms. The van der Waals surface area contributed by atoms with Crippen molar-refractivity contribution in [2.24, 2.45) is 0 Å². The molecule has 0 radical (unpaired) electrons. The summed E-state index contributed by atoms with van der Waals surface area (Å²) >= 11 is 0. The van der Waals surface area contributed by atoms with E-state index in [0.717, 1.165) is 56.8 Å². The summed E-state index contributed by atoms with van der Waals surface area (Å²) in [7, 11) is 0. The molecule has 1 amide bonds. The third-order valence-electron chi connectivity index (χ3n) is 5.84. The number of ether oxygens (including phenoxy) is 1. The second kappa shape index (κ2) is 11.4. The van der Waals surface area contributed by atoms with Gasteiger partial charge in [0.25, 0.3) is 5.91 Å². The summed E-state index contributed by atoms with van der Waals surface area (Å²) in [6.07, 6.45) is 5.95. The first-order valence-corrected chi connectivity index (χ1v) is 11.5. The van der Waals surface area contributed by atoms with Gasteiger partial charge in [-0.25, -0.2) is 0 Å². The van der Waals surface area contributed by atoms with Crippen LogP contribution in [-0.4, -0.2) is 41.5 Å². The number of amides is 1. The summed E-state index contributed by atoms with van der Waals surface area (Å²) in [4.78, 5) is 19.2. The number of aryl methyl sites for hydroxylation is 1. The molecule has 5 nitrogen and oxygen atoms in total. The van der Waals surface area contributed by atoms with E-state index in [4.69, 9.17) is 4.74 Å². The first-order valence-electron chi connectivity index (χ1n) is 11.5. The van der Waals surface area contributed by atoms with Crippen molar-refractivity contribution >= 4 is 5.91 Å². The molecule has 0 aliphatic carbocycles. The number of hydrogen-bond donors (Lipinski definition) is 1. The second-order valence-corrected chi connectivity index (χ2v) is 8.28. The van der Waals surface area contributed by atoms with E-state index in [1.165, 1.54) is 5.56 Å². The molecule has 3 aromatic rings. The number of benzene rings is 2. The molecule has 0 unspecified atom stereocenters. The molecule has 1 aliphatic heterocycles. The number of carbonyl (C=O) groups is 1. The molecular weight excluding hydrogens is 398 g/mol. The number of likely N-dealkylation sites (tertiary alicyclic amines) is 1. The van der Waals surface area contributed by atoms with Crippen LogP contribution in [0, 0.1) is 0 Å². The van der Waals surface area contributed by atoms with Gasteiger partial charge in [-0.3, -0.25) is 14.7 Å². The van der Waals surface area contributed by atoms with Gasteiger partial charge in [0.1, 0.15) is 11.9 Å². The fourth-order valence-corrected chi connectivity index (χ4v) is 4.02. The molecule has 0 bridgehead atoms. The summed E-state index contributed by atoms with van der Waals surface area (Å²) in [5, 5.41) is 3.00. The van der Waals surface area contributed by atoms with Crippen molar-refractivity contribution in [3.8, 4) is 5.75 Å². The third kappa shape index (κ3) is 6.66. The number of nitrogens with zero attached hydrogens (tertiary/aromatic N) is 2. The molecule has 166 valence electrons. The minimum absolute atomic E-state index is 0.0348. The molecule has 2 aromatic carbocycles. The van der Waals surface area contributed by atoms with Crippen LogP contribution in [0.5, 0.6) is 5.75 Å². The van der Waals surface area contributed by atoms with Gasteiger partial charge in [-0.1, -0.05) is 36.4 Å². The van der Waals surface area contributed by atoms with Gasteiger partial charge in [-0.2, -0.15) is 0 Å². The van der Waals surface area contributed by atoms with E-state index >= 15 is 0 Å². The van der Waals surface area contributed by atoms with Crippen LogP contribution in [0.1, 0.15) is 40.9 Å². The molecule has 32 heavy (non-hydrogen) atoms. The Morgan fingerprint density at radius 1 is 0.969 bits per heavy atom. The monoisotopic (exact) mass is 429 g/mol. The summed E-state index contributed by atoms with van der Waals surface area (Å²) in [6.45, 7) is 3.57. The van der Waals surface area contributed by atoms with E-state index in [0.29, 0.717) is 12.1 Å². The number of rotatable bonds is 9. The van der Waals surface area contributed by atoms with Crippen molar-refractivity contribution in [1.82, 2.24) is 15.2 Å². The first kappa shape index (κ1) is 22.0. The van der Waals surface area contributed by atoms with Gasteiger partial charge in [0.05, 0.1) is 5.69 Å². The number of nitrogens with one attached hydrogen (secondary N) is 1. The van der Waals surface area contributed by atoms with Crippen molar-refractivity contribution in [3.05, 3.63) is 95.8 Å². The van der Waals surface area contributed by atoms with Crippen LogP contribution in [0.2, 0.25) is 0 Å². The standard InChI is InChI=1S/C27H31N3O2/c31-27(29-18-6-9-22-7-2-1-3-8-22)23-11-13-25(14-12-23)32-26-15-19-30(20-16-26)21-24-10-4-5-17-28-24/h1-5,7-8,10-14,17,26H,6,9,15-16,18-21H2,(H,29,31). The van der Waals surface area contributed by atoms with Crippen LogP contribution in [0.3, 0.4) is 0 Å². The zero-order valence-corrected chi connectivity index (χ0v) is 18.5. The van der Waals surface area contributed by atoms with Crippen LogP contribution >= 0.6 is 0 Å².